The molecule has 92 valence electrons. The molecule has 1 aromatic carbocycles. The van der Waals surface area contributed by atoms with Crippen LogP contribution >= 0.6 is 0 Å². The van der Waals surface area contributed by atoms with Gasteiger partial charge >= 0.3 is 5.97 Å². The maximum atomic E-state index is 11.9. The number of hydrogen-bond acceptors (Lipinski definition) is 3. The van der Waals surface area contributed by atoms with Crippen molar-refractivity contribution in [2.45, 2.75) is 6.92 Å². The van der Waals surface area contributed by atoms with E-state index in [-0.39, 0.29) is 5.97 Å². The van der Waals surface area contributed by atoms with Crippen LogP contribution in [-0.4, -0.2) is 12.6 Å². The molecule has 0 bridgehead atoms. The van der Waals surface area contributed by atoms with Crippen LogP contribution < -0.4 is 0 Å². The quantitative estimate of drug-likeness (QED) is 0.766. The predicted molar refractivity (Wildman–Crippen MR) is 70.2 cm³/mol. The maximum absolute atomic E-state index is 11.9. The van der Waals surface area contributed by atoms with Crippen LogP contribution in [0.25, 0.3) is 17.4 Å². The van der Waals surface area contributed by atoms with Gasteiger partial charge in [-0.25, -0.2) is 4.79 Å². The summed E-state index contributed by atoms with van der Waals surface area (Å²) >= 11 is 0. The monoisotopic (exact) mass is 242 g/mol. The Labute approximate surface area is 106 Å². The van der Waals surface area contributed by atoms with Crippen LogP contribution in [0.1, 0.15) is 23.0 Å². The molecule has 0 radical (unpaired) electrons. The second-order valence-electron chi connectivity index (χ2n) is 3.68. The fraction of sp³-hybridized carbons (Fsp3) is 0.133. The Balaban J connectivity index is 2.49. The van der Waals surface area contributed by atoms with E-state index in [9.17, 15) is 4.79 Å². The zero-order valence-corrected chi connectivity index (χ0v) is 10.2. The largest absolute Gasteiger partial charge is 0.462 e. The first-order valence-corrected chi connectivity index (χ1v) is 5.75. The highest BCUT2D eigenvalue weighted by atomic mass is 16.5. The second-order valence-corrected chi connectivity index (χ2v) is 3.68. The molecule has 2 aromatic rings. The van der Waals surface area contributed by atoms with Gasteiger partial charge in [-0.05, 0) is 19.1 Å². The van der Waals surface area contributed by atoms with Crippen LogP contribution in [0.15, 0.2) is 47.4 Å². The third-order valence-electron chi connectivity index (χ3n) is 2.48. The highest BCUT2D eigenvalue weighted by Crippen LogP contribution is 2.28. The van der Waals surface area contributed by atoms with Crippen LogP contribution in [0, 0.1) is 0 Å². The van der Waals surface area contributed by atoms with Crippen LogP contribution in [0.5, 0.6) is 0 Å². The molecule has 0 spiro atoms. The summed E-state index contributed by atoms with van der Waals surface area (Å²) < 4.78 is 10.6. The molecule has 1 aromatic heterocycles. The molecule has 0 saturated heterocycles. The Morgan fingerprint density at radius 3 is 2.72 bits per heavy atom. The third kappa shape index (κ3) is 2.35. The number of hydrogen-bond donors (Lipinski definition) is 0. The molecule has 0 N–H and O–H groups in total. The first-order chi connectivity index (χ1) is 8.76. The predicted octanol–water partition coefficient (Wildman–Crippen LogP) is 3.77. The minimum absolute atomic E-state index is 0.335. The molecule has 0 atom stereocenters. The van der Waals surface area contributed by atoms with E-state index in [4.69, 9.17) is 9.15 Å². The normalized spacial score (nSPS) is 10.1. The van der Waals surface area contributed by atoms with E-state index in [1.807, 2.05) is 30.3 Å². The summed E-state index contributed by atoms with van der Waals surface area (Å²) in [6.07, 6.45) is 1.56. The molecule has 0 fully saturated rings. The Kier molecular flexibility index (Phi) is 3.63. The number of benzene rings is 1. The van der Waals surface area contributed by atoms with E-state index in [1.54, 1.807) is 19.1 Å². The Hall–Kier alpha value is -2.29. The van der Waals surface area contributed by atoms with Crippen LogP contribution in [0.3, 0.4) is 0 Å². The topological polar surface area (TPSA) is 39.4 Å². The molecular weight excluding hydrogens is 228 g/mol. The minimum atomic E-state index is -0.381. The van der Waals surface area contributed by atoms with Gasteiger partial charge in [0.15, 0.2) is 0 Å². The first kappa shape index (κ1) is 12.2. The average molecular weight is 242 g/mol. The van der Waals surface area contributed by atoms with Crippen molar-refractivity contribution in [1.82, 2.24) is 0 Å². The van der Waals surface area contributed by atoms with Gasteiger partial charge in [-0.15, -0.1) is 0 Å². The van der Waals surface area contributed by atoms with Gasteiger partial charge in [0.1, 0.15) is 17.1 Å². The molecule has 0 unspecified atom stereocenters. The van der Waals surface area contributed by atoms with Crippen LogP contribution in [0.4, 0.5) is 0 Å². The lowest BCUT2D eigenvalue weighted by molar-refractivity contribution is 0.0527. The van der Waals surface area contributed by atoms with Gasteiger partial charge in [0, 0.05) is 5.56 Å². The van der Waals surface area contributed by atoms with Gasteiger partial charge in [-0.2, -0.15) is 0 Å². The van der Waals surface area contributed by atoms with E-state index in [0.717, 1.165) is 5.56 Å². The molecule has 1 heterocycles. The highest BCUT2D eigenvalue weighted by Gasteiger charge is 2.19. The smallest absolute Gasteiger partial charge is 0.342 e. The number of esters is 1. The summed E-state index contributed by atoms with van der Waals surface area (Å²) in [5.74, 6) is 0.689. The molecule has 0 saturated carbocycles. The van der Waals surface area contributed by atoms with Gasteiger partial charge in [0.25, 0.3) is 0 Å². The van der Waals surface area contributed by atoms with Crippen molar-refractivity contribution in [3.05, 3.63) is 54.3 Å². The van der Waals surface area contributed by atoms with Crippen LogP contribution in [-0.2, 0) is 4.74 Å². The standard InChI is InChI=1S/C15H14O3/c1-3-12-10-13(15(16)17-4-2)14(18-12)11-8-6-5-7-9-11/h3,5-10H,1,4H2,2H3. The molecule has 3 heteroatoms. The lowest BCUT2D eigenvalue weighted by atomic mass is 10.1. The molecule has 3 nitrogen and oxygen atoms in total. The molecule has 0 aliphatic heterocycles. The van der Waals surface area contributed by atoms with Crippen molar-refractivity contribution in [1.29, 1.82) is 0 Å². The Bertz CT molecular complexity index is 552. The van der Waals surface area contributed by atoms with Crippen molar-refractivity contribution in [3.63, 3.8) is 0 Å². The molecular formula is C15H14O3. The molecule has 0 aliphatic rings. The zero-order valence-electron chi connectivity index (χ0n) is 10.2. The SMILES string of the molecule is C=Cc1cc(C(=O)OCC)c(-c2ccccc2)o1. The lowest BCUT2D eigenvalue weighted by Gasteiger charge is -2.02. The summed E-state index contributed by atoms with van der Waals surface area (Å²) in [7, 11) is 0. The van der Waals surface area contributed by atoms with Gasteiger partial charge in [0.05, 0.1) is 6.61 Å². The van der Waals surface area contributed by atoms with Crippen LogP contribution in [0.2, 0.25) is 0 Å². The average Bonchev–Trinajstić information content (AvgIpc) is 2.84. The van der Waals surface area contributed by atoms with Gasteiger partial charge in [-0.3, -0.25) is 0 Å². The van der Waals surface area contributed by atoms with E-state index in [1.165, 1.54) is 0 Å². The summed E-state index contributed by atoms with van der Waals surface area (Å²) in [4.78, 5) is 11.9. The number of carbonyl (C=O) groups excluding carboxylic acids is 1. The Morgan fingerprint density at radius 1 is 1.39 bits per heavy atom. The van der Waals surface area contributed by atoms with E-state index in [0.29, 0.717) is 23.7 Å². The van der Waals surface area contributed by atoms with E-state index in [2.05, 4.69) is 6.58 Å². The molecule has 18 heavy (non-hydrogen) atoms. The van der Waals surface area contributed by atoms with Crippen molar-refractivity contribution in [2.75, 3.05) is 6.61 Å². The summed E-state index contributed by atoms with van der Waals surface area (Å²) in [6, 6.07) is 11.1. The van der Waals surface area contributed by atoms with Gasteiger partial charge < -0.3 is 9.15 Å². The molecule has 0 aliphatic carbocycles. The van der Waals surface area contributed by atoms with Crippen molar-refractivity contribution in [3.8, 4) is 11.3 Å². The lowest BCUT2D eigenvalue weighted by Crippen LogP contribution is -2.04. The number of rotatable bonds is 4. The van der Waals surface area contributed by atoms with Gasteiger partial charge in [-0.1, -0.05) is 36.9 Å². The third-order valence-corrected chi connectivity index (χ3v) is 2.48. The van der Waals surface area contributed by atoms with Crippen molar-refractivity contribution < 1.29 is 13.9 Å². The first-order valence-electron chi connectivity index (χ1n) is 5.75. The van der Waals surface area contributed by atoms with E-state index >= 15 is 0 Å². The zero-order chi connectivity index (χ0) is 13.0. The van der Waals surface area contributed by atoms with Crippen molar-refractivity contribution in [2.24, 2.45) is 0 Å². The summed E-state index contributed by atoms with van der Waals surface area (Å²) in [5, 5.41) is 0. The van der Waals surface area contributed by atoms with Crippen molar-refractivity contribution >= 4 is 12.0 Å². The second kappa shape index (κ2) is 5.36. The number of ether oxygens (including phenoxy) is 1. The maximum Gasteiger partial charge on any atom is 0.342 e. The van der Waals surface area contributed by atoms with E-state index < -0.39 is 0 Å². The highest BCUT2D eigenvalue weighted by molar-refractivity contribution is 5.96. The fourth-order valence-electron chi connectivity index (χ4n) is 1.68. The summed E-state index contributed by atoms with van der Waals surface area (Å²) in [5.41, 5.74) is 1.27. The molecule has 0 amide bonds. The van der Waals surface area contributed by atoms with Gasteiger partial charge in [0.2, 0.25) is 0 Å². The fourth-order valence-corrected chi connectivity index (χ4v) is 1.68. The number of carbonyl (C=O) groups is 1. The Morgan fingerprint density at radius 2 is 2.11 bits per heavy atom. The summed E-state index contributed by atoms with van der Waals surface area (Å²) in [6.45, 7) is 5.75. The number of furan rings is 1. The molecule has 2 rings (SSSR count). The minimum Gasteiger partial charge on any atom is -0.462 e.